The standard InChI is InChI=1S/C32H45BrN4O/c1-24(2)15-21-36(22-16-25(3)4)32(38)27-11-14-29-30(23-27)37(20-8-19-35-17-6-5-7-18-35)31(34-29)26-9-12-28(33)13-10-26/h9-14,23-25H,5-8,15-22H2,1-4H3. The highest BCUT2D eigenvalue weighted by atomic mass is 79.9. The summed E-state index contributed by atoms with van der Waals surface area (Å²) in [5, 5.41) is 0. The summed E-state index contributed by atoms with van der Waals surface area (Å²) in [6.07, 6.45) is 7.10. The van der Waals surface area contributed by atoms with Crippen LogP contribution in [0, 0.1) is 11.8 Å². The Kier molecular flexibility index (Phi) is 10.4. The molecular weight excluding hydrogens is 536 g/mol. The maximum absolute atomic E-state index is 13.7. The van der Waals surface area contributed by atoms with E-state index in [1.54, 1.807) is 0 Å². The van der Waals surface area contributed by atoms with Crippen molar-refractivity contribution >= 4 is 32.9 Å². The molecular formula is C32H45BrN4O. The normalized spacial score (nSPS) is 14.6. The molecule has 4 rings (SSSR count). The molecule has 0 bridgehead atoms. The Balaban J connectivity index is 1.64. The third-order valence-corrected chi connectivity index (χ3v) is 8.17. The van der Waals surface area contributed by atoms with E-state index in [9.17, 15) is 4.79 Å². The fourth-order valence-electron chi connectivity index (χ4n) is 5.26. The number of aromatic nitrogens is 2. The first-order chi connectivity index (χ1) is 18.3. The van der Waals surface area contributed by atoms with E-state index < -0.39 is 0 Å². The van der Waals surface area contributed by atoms with Gasteiger partial charge in [0.15, 0.2) is 0 Å². The van der Waals surface area contributed by atoms with Crippen LogP contribution in [0.1, 0.15) is 76.6 Å². The molecule has 38 heavy (non-hydrogen) atoms. The number of aryl methyl sites for hydroxylation is 1. The summed E-state index contributed by atoms with van der Waals surface area (Å²) in [7, 11) is 0. The molecule has 0 atom stereocenters. The number of benzene rings is 2. The minimum absolute atomic E-state index is 0.138. The molecule has 0 saturated carbocycles. The van der Waals surface area contributed by atoms with Gasteiger partial charge in [0.2, 0.25) is 0 Å². The van der Waals surface area contributed by atoms with E-state index in [4.69, 9.17) is 4.98 Å². The Morgan fingerprint density at radius 2 is 1.58 bits per heavy atom. The van der Waals surface area contributed by atoms with Gasteiger partial charge in [0.25, 0.3) is 5.91 Å². The van der Waals surface area contributed by atoms with E-state index in [2.05, 4.69) is 88.3 Å². The monoisotopic (exact) mass is 580 g/mol. The number of rotatable bonds is 12. The van der Waals surface area contributed by atoms with E-state index >= 15 is 0 Å². The predicted octanol–water partition coefficient (Wildman–Crippen LogP) is 7.88. The molecule has 1 aliphatic heterocycles. The first-order valence-corrected chi connectivity index (χ1v) is 15.4. The van der Waals surface area contributed by atoms with Gasteiger partial charge in [-0.05, 0) is 93.9 Å². The van der Waals surface area contributed by atoms with Crippen molar-refractivity contribution < 1.29 is 4.79 Å². The van der Waals surface area contributed by atoms with Gasteiger partial charge in [0.05, 0.1) is 11.0 Å². The third kappa shape index (κ3) is 7.69. The molecule has 1 fully saturated rings. The van der Waals surface area contributed by atoms with Crippen LogP contribution in [-0.4, -0.2) is 58.0 Å². The van der Waals surface area contributed by atoms with Crippen LogP contribution in [0.2, 0.25) is 0 Å². The van der Waals surface area contributed by atoms with E-state index in [0.717, 1.165) is 77.9 Å². The van der Waals surface area contributed by atoms with Crippen LogP contribution in [0.25, 0.3) is 22.4 Å². The number of likely N-dealkylation sites (tertiary alicyclic amines) is 1. The van der Waals surface area contributed by atoms with Gasteiger partial charge < -0.3 is 14.4 Å². The van der Waals surface area contributed by atoms with Gasteiger partial charge in [-0.2, -0.15) is 0 Å². The average molecular weight is 582 g/mol. The van der Waals surface area contributed by atoms with Crippen LogP contribution in [0.4, 0.5) is 0 Å². The summed E-state index contributed by atoms with van der Waals surface area (Å²) in [4.78, 5) is 23.5. The van der Waals surface area contributed by atoms with E-state index in [1.165, 1.54) is 32.4 Å². The summed E-state index contributed by atoms with van der Waals surface area (Å²) in [5.74, 6) is 2.26. The zero-order chi connectivity index (χ0) is 27.1. The van der Waals surface area contributed by atoms with Crippen LogP contribution in [0.5, 0.6) is 0 Å². The molecule has 1 aromatic heterocycles. The second kappa shape index (κ2) is 13.7. The van der Waals surface area contributed by atoms with Crippen molar-refractivity contribution in [1.82, 2.24) is 19.4 Å². The molecule has 206 valence electrons. The van der Waals surface area contributed by atoms with Crippen molar-refractivity contribution in [3.8, 4) is 11.4 Å². The van der Waals surface area contributed by atoms with Gasteiger partial charge in [-0.3, -0.25) is 4.79 Å². The van der Waals surface area contributed by atoms with Gasteiger partial charge in [0, 0.05) is 35.2 Å². The Bertz CT molecular complexity index is 1170. The van der Waals surface area contributed by atoms with Gasteiger partial charge in [0.1, 0.15) is 5.82 Å². The molecule has 3 aromatic rings. The number of piperidine rings is 1. The van der Waals surface area contributed by atoms with Crippen molar-refractivity contribution in [3.05, 3.63) is 52.5 Å². The van der Waals surface area contributed by atoms with Crippen molar-refractivity contribution in [1.29, 1.82) is 0 Å². The van der Waals surface area contributed by atoms with Crippen LogP contribution < -0.4 is 0 Å². The van der Waals surface area contributed by atoms with Gasteiger partial charge in [-0.25, -0.2) is 4.98 Å². The quantitative estimate of drug-likeness (QED) is 0.219. The minimum Gasteiger partial charge on any atom is -0.339 e. The van der Waals surface area contributed by atoms with E-state index in [-0.39, 0.29) is 5.91 Å². The number of carbonyl (C=O) groups is 1. The lowest BCUT2D eigenvalue weighted by atomic mass is 10.1. The third-order valence-electron chi connectivity index (χ3n) is 7.64. The summed E-state index contributed by atoms with van der Waals surface area (Å²) < 4.78 is 3.40. The molecule has 0 radical (unpaired) electrons. The van der Waals surface area contributed by atoms with Crippen LogP contribution in [0.3, 0.4) is 0 Å². The summed E-state index contributed by atoms with van der Waals surface area (Å²) >= 11 is 3.56. The Labute approximate surface area is 237 Å². The van der Waals surface area contributed by atoms with Crippen LogP contribution in [-0.2, 0) is 6.54 Å². The highest BCUT2D eigenvalue weighted by molar-refractivity contribution is 9.10. The number of imidazole rings is 1. The van der Waals surface area contributed by atoms with Crippen LogP contribution >= 0.6 is 15.9 Å². The number of fused-ring (bicyclic) bond motifs is 1. The molecule has 2 aromatic carbocycles. The molecule has 1 saturated heterocycles. The van der Waals surface area contributed by atoms with Crippen molar-refractivity contribution in [2.24, 2.45) is 11.8 Å². The first-order valence-electron chi connectivity index (χ1n) is 14.6. The smallest absolute Gasteiger partial charge is 0.253 e. The molecule has 1 amide bonds. The number of halogens is 1. The number of nitrogens with zero attached hydrogens (tertiary/aromatic N) is 4. The second-order valence-corrected chi connectivity index (χ2v) is 12.6. The Morgan fingerprint density at radius 1 is 0.921 bits per heavy atom. The van der Waals surface area contributed by atoms with Gasteiger partial charge in [-0.1, -0.05) is 62.2 Å². The first kappa shape index (κ1) is 28.8. The summed E-state index contributed by atoms with van der Waals surface area (Å²) in [5.41, 5.74) is 3.88. The lowest BCUT2D eigenvalue weighted by Crippen LogP contribution is -2.34. The lowest BCUT2D eigenvalue weighted by molar-refractivity contribution is 0.0741. The second-order valence-electron chi connectivity index (χ2n) is 11.7. The van der Waals surface area contributed by atoms with Crippen molar-refractivity contribution in [2.75, 3.05) is 32.7 Å². The Morgan fingerprint density at radius 3 is 2.21 bits per heavy atom. The molecule has 6 heteroatoms. The maximum atomic E-state index is 13.7. The van der Waals surface area contributed by atoms with Gasteiger partial charge in [-0.15, -0.1) is 0 Å². The largest absolute Gasteiger partial charge is 0.339 e. The zero-order valence-electron chi connectivity index (χ0n) is 23.8. The molecule has 0 spiro atoms. The summed E-state index contributed by atoms with van der Waals surface area (Å²) in [6, 6.07) is 14.5. The number of carbonyl (C=O) groups excluding carboxylic acids is 1. The zero-order valence-corrected chi connectivity index (χ0v) is 25.3. The molecule has 0 unspecified atom stereocenters. The van der Waals surface area contributed by atoms with Crippen LogP contribution in [0.15, 0.2) is 46.9 Å². The fraction of sp³-hybridized carbons (Fsp3) is 0.562. The minimum atomic E-state index is 0.138. The topological polar surface area (TPSA) is 41.4 Å². The summed E-state index contributed by atoms with van der Waals surface area (Å²) in [6.45, 7) is 14.9. The van der Waals surface area contributed by atoms with E-state index in [0.29, 0.717) is 11.8 Å². The highest BCUT2D eigenvalue weighted by Crippen LogP contribution is 2.28. The lowest BCUT2D eigenvalue weighted by Gasteiger charge is -2.26. The average Bonchev–Trinajstić information content (AvgIpc) is 3.27. The van der Waals surface area contributed by atoms with Crippen molar-refractivity contribution in [3.63, 3.8) is 0 Å². The van der Waals surface area contributed by atoms with Crippen molar-refractivity contribution in [2.45, 2.75) is 72.8 Å². The molecule has 1 aliphatic rings. The number of hydrogen-bond donors (Lipinski definition) is 0. The maximum Gasteiger partial charge on any atom is 0.253 e. The van der Waals surface area contributed by atoms with Gasteiger partial charge >= 0.3 is 0 Å². The molecule has 5 nitrogen and oxygen atoms in total. The predicted molar refractivity (Wildman–Crippen MR) is 163 cm³/mol. The molecule has 2 heterocycles. The Hall–Kier alpha value is -2.18. The number of amides is 1. The molecule has 0 aliphatic carbocycles. The SMILES string of the molecule is CC(C)CCN(CCC(C)C)C(=O)c1ccc2nc(-c3ccc(Br)cc3)n(CCCN3CCCCC3)c2c1. The number of hydrogen-bond acceptors (Lipinski definition) is 3. The van der Waals surface area contributed by atoms with E-state index in [1.807, 2.05) is 12.1 Å². The molecule has 0 N–H and O–H groups in total. The fourth-order valence-corrected chi connectivity index (χ4v) is 5.53. The highest BCUT2D eigenvalue weighted by Gasteiger charge is 2.20.